The molecular weight excluding hydrogens is 353 g/mol. The van der Waals surface area contributed by atoms with Crippen LogP contribution in [0.2, 0.25) is 0 Å². The van der Waals surface area contributed by atoms with Crippen molar-refractivity contribution in [3.8, 4) is 11.4 Å². The van der Waals surface area contributed by atoms with Crippen molar-refractivity contribution in [2.75, 3.05) is 5.32 Å². The predicted molar refractivity (Wildman–Crippen MR) is 87.3 cm³/mol. The van der Waals surface area contributed by atoms with Crippen molar-refractivity contribution in [1.82, 2.24) is 15.0 Å². The first-order chi connectivity index (χ1) is 11.8. The van der Waals surface area contributed by atoms with Gasteiger partial charge in [-0.3, -0.25) is 9.78 Å². The van der Waals surface area contributed by atoms with Crippen molar-refractivity contribution in [1.29, 1.82) is 0 Å². The lowest BCUT2D eigenvalue weighted by Crippen LogP contribution is -2.18. The van der Waals surface area contributed by atoms with Crippen molar-refractivity contribution >= 4 is 22.9 Å². The minimum atomic E-state index is -4.74. The number of carbonyl (C=O) groups excluding carboxylic acids is 1. The van der Waals surface area contributed by atoms with E-state index in [1.54, 1.807) is 30.6 Å². The molecule has 0 aromatic carbocycles. The molecule has 0 unspecified atom stereocenters. The Labute approximate surface area is 144 Å². The Bertz CT molecular complexity index is 910. The number of hydrogen-bond donors (Lipinski definition) is 1. The molecular formula is C16H11F3N4OS. The molecule has 0 saturated carbocycles. The van der Waals surface area contributed by atoms with Gasteiger partial charge in [0.05, 0.1) is 16.8 Å². The summed E-state index contributed by atoms with van der Waals surface area (Å²) in [6.07, 6.45) is -0.831. The summed E-state index contributed by atoms with van der Waals surface area (Å²) in [6.45, 7) is 1.76. The summed E-state index contributed by atoms with van der Waals surface area (Å²) >= 11 is 1.12. The van der Waals surface area contributed by atoms with Gasteiger partial charge in [0.25, 0.3) is 5.91 Å². The maximum absolute atomic E-state index is 13.4. The van der Waals surface area contributed by atoms with Gasteiger partial charge in [-0.1, -0.05) is 6.07 Å². The summed E-state index contributed by atoms with van der Waals surface area (Å²) in [5, 5.41) is 3.88. The Kier molecular flexibility index (Phi) is 4.49. The van der Waals surface area contributed by atoms with Gasteiger partial charge < -0.3 is 5.32 Å². The Morgan fingerprint density at radius 2 is 2.04 bits per heavy atom. The molecule has 9 heteroatoms. The highest BCUT2D eigenvalue weighted by Crippen LogP contribution is 2.34. The fourth-order valence-corrected chi connectivity index (χ4v) is 2.72. The molecule has 5 nitrogen and oxygen atoms in total. The minimum Gasteiger partial charge on any atom is -0.318 e. The summed E-state index contributed by atoms with van der Waals surface area (Å²) in [7, 11) is 0. The fraction of sp³-hybridized carbons (Fsp3) is 0.125. The molecule has 3 heterocycles. The van der Waals surface area contributed by atoms with Gasteiger partial charge in [0, 0.05) is 18.0 Å². The number of nitrogens with zero attached hydrogens (tertiary/aromatic N) is 3. The molecule has 0 aliphatic heterocycles. The van der Waals surface area contributed by atoms with Crippen LogP contribution in [0.15, 0.2) is 42.2 Å². The van der Waals surface area contributed by atoms with Crippen LogP contribution >= 0.6 is 11.3 Å². The van der Waals surface area contributed by atoms with Gasteiger partial charge in [-0.2, -0.15) is 13.2 Å². The van der Waals surface area contributed by atoms with Gasteiger partial charge >= 0.3 is 6.18 Å². The molecule has 1 N–H and O–H groups in total. The monoisotopic (exact) mass is 364 g/mol. The zero-order valence-corrected chi connectivity index (χ0v) is 13.6. The van der Waals surface area contributed by atoms with Gasteiger partial charge in [-0.15, -0.1) is 11.3 Å². The molecule has 128 valence electrons. The van der Waals surface area contributed by atoms with Gasteiger partial charge in [-0.05, 0) is 30.0 Å². The number of anilines is 1. The van der Waals surface area contributed by atoms with Crippen molar-refractivity contribution in [2.24, 2.45) is 0 Å². The number of aromatic nitrogens is 3. The van der Waals surface area contributed by atoms with Crippen LogP contribution in [-0.2, 0) is 6.18 Å². The lowest BCUT2D eigenvalue weighted by Gasteiger charge is -2.13. The van der Waals surface area contributed by atoms with Gasteiger partial charge in [0.15, 0.2) is 11.5 Å². The van der Waals surface area contributed by atoms with Crippen LogP contribution in [-0.4, -0.2) is 20.9 Å². The Balaban J connectivity index is 2.00. The second-order valence-electron chi connectivity index (χ2n) is 5.14. The molecule has 3 aromatic heterocycles. The van der Waals surface area contributed by atoms with Crippen LogP contribution in [0.4, 0.5) is 18.9 Å². The molecule has 0 atom stereocenters. The molecule has 0 fully saturated rings. The number of nitrogens with one attached hydrogen (secondary N) is 1. The molecule has 25 heavy (non-hydrogen) atoms. The molecule has 0 aliphatic rings. The van der Waals surface area contributed by atoms with Gasteiger partial charge in [0.1, 0.15) is 0 Å². The minimum absolute atomic E-state index is 0.113. The van der Waals surface area contributed by atoms with Crippen LogP contribution in [0.3, 0.4) is 0 Å². The molecule has 1 amide bonds. The SMILES string of the molecule is Cc1cncc(-c2ncc(NC(=O)c3cccs3)c(C(F)(F)F)n2)c1. The first-order valence-electron chi connectivity index (χ1n) is 7.06. The molecule has 0 spiro atoms. The Hall–Kier alpha value is -2.81. The van der Waals surface area contributed by atoms with Gasteiger partial charge in [-0.25, -0.2) is 9.97 Å². The number of pyridine rings is 1. The van der Waals surface area contributed by atoms with Crippen LogP contribution in [0.25, 0.3) is 11.4 Å². The average Bonchev–Trinajstić information content (AvgIpc) is 3.09. The highest BCUT2D eigenvalue weighted by molar-refractivity contribution is 7.12. The molecule has 3 aromatic rings. The third kappa shape index (κ3) is 3.82. The second kappa shape index (κ2) is 6.60. The summed E-state index contributed by atoms with van der Waals surface area (Å²) in [5.74, 6) is -0.758. The van der Waals surface area contributed by atoms with E-state index in [1.807, 2.05) is 0 Å². The summed E-state index contributed by atoms with van der Waals surface area (Å²) in [5.41, 5.74) is -0.564. The summed E-state index contributed by atoms with van der Waals surface area (Å²) in [6, 6.07) is 4.78. The molecule has 0 bridgehead atoms. The molecule has 3 rings (SSSR count). The number of amides is 1. The number of carbonyl (C=O) groups is 1. The van der Waals surface area contributed by atoms with Crippen LogP contribution in [0.1, 0.15) is 20.9 Å². The molecule has 0 aliphatic carbocycles. The van der Waals surface area contributed by atoms with Crippen molar-refractivity contribution in [3.63, 3.8) is 0 Å². The maximum Gasteiger partial charge on any atom is 0.435 e. The topological polar surface area (TPSA) is 67.8 Å². The van der Waals surface area contributed by atoms with Crippen molar-refractivity contribution < 1.29 is 18.0 Å². The second-order valence-corrected chi connectivity index (χ2v) is 6.08. The number of aryl methyl sites for hydroxylation is 1. The van der Waals surface area contributed by atoms with Crippen molar-refractivity contribution in [2.45, 2.75) is 13.1 Å². The van der Waals surface area contributed by atoms with Crippen LogP contribution in [0.5, 0.6) is 0 Å². The number of thiophene rings is 1. The summed E-state index contributed by atoms with van der Waals surface area (Å²) in [4.78, 5) is 23.8. The van der Waals surface area contributed by atoms with E-state index in [2.05, 4.69) is 20.3 Å². The third-order valence-electron chi connectivity index (χ3n) is 3.18. The largest absolute Gasteiger partial charge is 0.435 e. The van der Waals surface area contributed by atoms with E-state index in [1.165, 1.54) is 12.3 Å². The third-order valence-corrected chi connectivity index (χ3v) is 4.05. The first kappa shape index (κ1) is 17.0. The standard InChI is InChI=1S/C16H11F3N4OS/c1-9-5-10(7-20-6-9)14-21-8-11(13(23-14)16(17,18)19)22-15(24)12-3-2-4-25-12/h2-8H,1H3,(H,22,24). The van der Waals surface area contributed by atoms with E-state index in [4.69, 9.17) is 0 Å². The van der Waals surface area contributed by atoms with E-state index >= 15 is 0 Å². The van der Waals surface area contributed by atoms with Crippen molar-refractivity contribution in [3.05, 3.63) is 58.3 Å². The lowest BCUT2D eigenvalue weighted by atomic mass is 10.2. The summed E-state index contributed by atoms with van der Waals surface area (Å²) < 4.78 is 40.1. The van der Waals surface area contributed by atoms with E-state index in [-0.39, 0.29) is 5.82 Å². The van der Waals surface area contributed by atoms with Crippen LogP contribution < -0.4 is 5.32 Å². The average molecular weight is 364 g/mol. The Morgan fingerprint density at radius 1 is 1.24 bits per heavy atom. The van der Waals surface area contributed by atoms with E-state index in [9.17, 15) is 18.0 Å². The number of alkyl halides is 3. The zero-order chi connectivity index (χ0) is 18.0. The maximum atomic E-state index is 13.4. The number of halogens is 3. The van der Waals surface area contributed by atoms with E-state index in [0.29, 0.717) is 10.4 Å². The van der Waals surface area contributed by atoms with Gasteiger partial charge in [0.2, 0.25) is 0 Å². The van der Waals surface area contributed by atoms with E-state index in [0.717, 1.165) is 23.1 Å². The number of rotatable bonds is 3. The van der Waals surface area contributed by atoms with E-state index < -0.39 is 23.5 Å². The predicted octanol–water partition coefficient (Wildman–Crippen LogP) is 4.18. The fourth-order valence-electron chi connectivity index (χ4n) is 2.10. The molecule has 0 radical (unpaired) electrons. The van der Waals surface area contributed by atoms with Crippen LogP contribution in [0, 0.1) is 6.92 Å². The quantitative estimate of drug-likeness (QED) is 0.757. The normalized spacial score (nSPS) is 11.4. The highest BCUT2D eigenvalue weighted by Gasteiger charge is 2.37. The first-order valence-corrected chi connectivity index (χ1v) is 7.93. The molecule has 0 saturated heterocycles. The number of hydrogen-bond acceptors (Lipinski definition) is 5. The lowest BCUT2D eigenvalue weighted by molar-refractivity contribution is -0.140. The Morgan fingerprint density at radius 3 is 2.68 bits per heavy atom. The highest BCUT2D eigenvalue weighted by atomic mass is 32.1. The smallest absolute Gasteiger partial charge is 0.318 e. The zero-order valence-electron chi connectivity index (χ0n) is 12.8.